The SMILES string of the molecule is CC[C@H]1CC[C@H]2[C@@H]3C[C@@H](F)[C@@H]4C[C@](C)(O)CC[C@@H]4[C@H]3CC[C@]12C. The Hall–Kier alpha value is -0.110. The lowest BCUT2D eigenvalue weighted by Gasteiger charge is -2.57. The van der Waals surface area contributed by atoms with Crippen molar-refractivity contribution in [3.63, 3.8) is 0 Å². The molecule has 4 rings (SSSR count). The number of aliphatic hydroxyl groups is 1. The minimum absolute atomic E-state index is 0.132. The van der Waals surface area contributed by atoms with E-state index in [0.29, 0.717) is 23.7 Å². The van der Waals surface area contributed by atoms with Gasteiger partial charge in [-0.3, -0.25) is 0 Å². The van der Waals surface area contributed by atoms with Crippen molar-refractivity contribution in [3.8, 4) is 0 Å². The Labute approximate surface area is 141 Å². The molecule has 0 saturated heterocycles. The highest BCUT2D eigenvalue weighted by Gasteiger charge is 2.58. The molecule has 0 aliphatic heterocycles. The molecule has 0 unspecified atom stereocenters. The predicted molar refractivity (Wildman–Crippen MR) is 91.8 cm³/mol. The van der Waals surface area contributed by atoms with Gasteiger partial charge in [0.2, 0.25) is 0 Å². The molecular weight excluding hydrogens is 287 g/mol. The van der Waals surface area contributed by atoms with Gasteiger partial charge in [-0.15, -0.1) is 0 Å². The van der Waals surface area contributed by atoms with Crippen molar-refractivity contribution in [1.29, 1.82) is 0 Å². The van der Waals surface area contributed by atoms with Crippen LogP contribution in [0.4, 0.5) is 4.39 Å². The summed E-state index contributed by atoms with van der Waals surface area (Å²) in [5.74, 6) is 3.70. The summed E-state index contributed by atoms with van der Waals surface area (Å²) in [4.78, 5) is 0. The van der Waals surface area contributed by atoms with Gasteiger partial charge >= 0.3 is 0 Å². The second kappa shape index (κ2) is 5.44. The second-order valence-electron chi connectivity index (χ2n) is 9.98. The Balaban J connectivity index is 1.59. The maximum atomic E-state index is 15.1. The van der Waals surface area contributed by atoms with E-state index in [1.165, 1.54) is 32.1 Å². The van der Waals surface area contributed by atoms with Gasteiger partial charge < -0.3 is 5.11 Å². The minimum atomic E-state index is -0.670. The molecule has 1 nitrogen and oxygen atoms in total. The smallest absolute Gasteiger partial charge is 0.104 e. The van der Waals surface area contributed by atoms with Crippen LogP contribution in [-0.2, 0) is 0 Å². The van der Waals surface area contributed by atoms with Crippen molar-refractivity contribution in [1.82, 2.24) is 0 Å². The van der Waals surface area contributed by atoms with Gasteiger partial charge in [0, 0.05) is 0 Å². The van der Waals surface area contributed by atoms with Crippen LogP contribution >= 0.6 is 0 Å². The third kappa shape index (κ3) is 2.41. The topological polar surface area (TPSA) is 20.2 Å². The number of hydrogen-bond donors (Lipinski definition) is 1. The van der Waals surface area contributed by atoms with Crippen LogP contribution in [0.15, 0.2) is 0 Å². The number of alkyl halides is 1. The lowest BCUT2D eigenvalue weighted by molar-refractivity contribution is -0.126. The van der Waals surface area contributed by atoms with Crippen LogP contribution < -0.4 is 0 Å². The van der Waals surface area contributed by atoms with E-state index in [4.69, 9.17) is 0 Å². The third-order valence-electron chi connectivity index (χ3n) is 8.94. The minimum Gasteiger partial charge on any atom is -0.390 e. The van der Waals surface area contributed by atoms with Gasteiger partial charge in [0.15, 0.2) is 0 Å². The van der Waals surface area contributed by atoms with Crippen LogP contribution in [-0.4, -0.2) is 16.9 Å². The average Bonchev–Trinajstić information content (AvgIpc) is 2.84. The predicted octanol–water partition coefficient (Wildman–Crippen LogP) is 5.36. The van der Waals surface area contributed by atoms with E-state index in [1.54, 1.807) is 0 Å². The molecule has 0 aromatic carbocycles. The Morgan fingerprint density at radius 1 is 0.957 bits per heavy atom. The van der Waals surface area contributed by atoms with E-state index >= 15 is 4.39 Å². The van der Waals surface area contributed by atoms with Gasteiger partial charge in [-0.2, -0.15) is 0 Å². The molecule has 4 aliphatic carbocycles. The molecule has 0 radical (unpaired) electrons. The molecule has 4 saturated carbocycles. The van der Waals surface area contributed by atoms with E-state index in [2.05, 4.69) is 13.8 Å². The molecule has 4 aliphatic rings. The quantitative estimate of drug-likeness (QED) is 0.688. The van der Waals surface area contributed by atoms with Crippen LogP contribution in [0.2, 0.25) is 0 Å². The Bertz CT molecular complexity index is 461. The highest BCUT2D eigenvalue weighted by Crippen LogP contribution is 2.65. The van der Waals surface area contributed by atoms with Crippen molar-refractivity contribution in [3.05, 3.63) is 0 Å². The van der Waals surface area contributed by atoms with Gasteiger partial charge in [-0.25, -0.2) is 4.39 Å². The van der Waals surface area contributed by atoms with Crippen molar-refractivity contribution in [2.75, 3.05) is 0 Å². The normalized spacial score (nSPS) is 59.1. The zero-order valence-corrected chi connectivity index (χ0v) is 15.2. The largest absolute Gasteiger partial charge is 0.390 e. The first-order valence-electron chi connectivity index (χ1n) is 10.2. The summed E-state index contributed by atoms with van der Waals surface area (Å²) in [6.07, 6.45) is 9.47. The van der Waals surface area contributed by atoms with E-state index in [9.17, 15) is 5.11 Å². The van der Waals surface area contributed by atoms with Crippen molar-refractivity contribution >= 4 is 0 Å². The molecular formula is C21H35FO. The fourth-order valence-corrected chi connectivity index (χ4v) is 7.78. The first-order valence-corrected chi connectivity index (χ1v) is 10.2. The lowest BCUT2D eigenvalue weighted by atomic mass is 9.48. The first-order chi connectivity index (χ1) is 10.9. The van der Waals surface area contributed by atoms with Crippen molar-refractivity contribution in [2.24, 2.45) is 40.9 Å². The maximum absolute atomic E-state index is 15.1. The van der Waals surface area contributed by atoms with Crippen LogP contribution in [0.5, 0.6) is 0 Å². The number of rotatable bonds is 1. The number of hydrogen-bond acceptors (Lipinski definition) is 1. The fraction of sp³-hybridized carbons (Fsp3) is 1.00. The summed E-state index contributed by atoms with van der Waals surface area (Å²) in [6.45, 7) is 6.80. The number of fused-ring (bicyclic) bond motifs is 5. The Kier molecular flexibility index (Phi) is 3.87. The van der Waals surface area contributed by atoms with E-state index in [-0.39, 0.29) is 5.92 Å². The summed E-state index contributed by atoms with van der Waals surface area (Å²) < 4.78 is 15.1. The first kappa shape index (κ1) is 16.4. The standard InChI is InChI=1S/C21H35FO/c1-4-13-5-6-18-16-11-19(22)17-12-20(2,23)9-7-15(17)14(16)8-10-21(13,18)3/h13-19,23H,4-12H2,1-3H3/t13-,14+,15+,16+,17+,18-,19+,20+,21+/m0/s1. The zero-order valence-electron chi connectivity index (χ0n) is 15.2. The summed E-state index contributed by atoms with van der Waals surface area (Å²) >= 11 is 0. The molecule has 0 bridgehead atoms. The van der Waals surface area contributed by atoms with Gasteiger partial charge in [0.05, 0.1) is 5.60 Å². The highest BCUT2D eigenvalue weighted by atomic mass is 19.1. The second-order valence-corrected chi connectivity index (χ2v) is 9.98. The molecule has 9 atom stereocenters. The van der Waals surface area contributed by atoms with Crippen molar-refractivity contribution in [2.45, 2.75) is 90.3 Å². The molecule has 23 heavy (non-hydrogen) atoms. The monoisotopic (exact) mass is 322 g/mol. The van der Waals surface area contributed by atoms with Crippen LogP contribution in [0.3, 0.4) is 0 Å². The average molecular weight is 323 g/mol. The van der Waals surface area contributed by atoms with Gasteiger partial charge in [-0.1, -0.05) is 20.3 Å². The Morgan fingerprint density at radius 3 is 2.39 bits per heavy atom. The van der Waals surface area contributed by atoms with Gasteiger partial charge in [-0.05, 0) is 99.2 Å². The summed E-state index contributed by atoms with van der Waals surface area (Å²) in [5, 5.41) is 10.4. The zero-order chi connectivity index (χ0) is 16.4. The lowest BCUT2D eigenvalue weighted by Crippen LogP contribution is -2.53. The number of halogens is 1. The molecule has 0 aromatic rings. The van der Waals surface area contributed by atoms with E-state index < -0.39 is 11.8 Å². The summed E-state index contributed by atoms with van der Waals surface area (Å²) in [6, 6.07) is 0. The molecule has 2 heteroatoms. The highest BCUT2D eigenvalue weighted by molar-refractivity contribution is 5.08. The van der Waals surface area contributed by atoms with Crippen LogP contribution in [0.25, 0.3) is 0 Å². The summed E-state index contributed by atoms with van der Waals surface area (Å²) in [5.41, 5.74) is -0.134. The molecule has 132 valence electrons. The van der Waals surface area contributed by atoms with Gasteiger partial charge in [0.25, 0.3) is 0 Å². The third-order valence-corrected chi connectivity index (χ3v) is 8.94. The fourth-order valence-electron chi connectivity index (χ4n) is 7.78. The molecule has 0 spiro atoms. The van der Waals surface area contributed by atoms with E-state index in [0.717, 1.165) is 37.0 Å². The molecule has 0 heterocycles. The van der Waals surface area contributed by atoms with Gasteiger partial charge in [0.1, 0.15) is 6.17 Å². The molecule has 0 amide bonds. The summed E-state index contributed by atoms with van der Waals surface area (Å²) in [7, 11) is 0. The molecule has 0 aromatic heterocycles. The maximum Gasteiger partial charge on any atom is 0.104 e. The van der Waals surface area contributed by atoms with Crippen LogP contribution in [0.1, 0.15) is 78.6 Å². The molecule has 4 fully saturated rings. The molecule has 1 N–H and O–H groups in total. The van der Waals surface area contributed by atoms with Crippen molar-refractivity contribution < 1.29 is 9.50 Å². The van der Waals surface area contributed by atoms with E-state index in [1.807, 2.05) is 6.92 Å². The Morgan fingerprint density at radius 2 is 1.65 bits per heavy atom. The van der Waals surface area contributed by atoms with Crippen LogP contribution in [0, 0.1) is 40.9 Å².